The molecule has 158 valence electrons. The second-order valence-electron chi connectivity index (χ2n) is 8.17. The number of benzene rings is 1. The topological polar surface area (TPSA) is 95.9 Å². The van der Waals surface area contributed by atoms with Crippen LogP contribution >= 0.6 is 0 Å². The predicted molar refractivity (Wildman–Crippen MR) is 114 cm³/mol. The average molecular weight is 417 g/mol. The van der Waals surface area contributed by atoms with Gasteiger partial charge in [0.1, 0.15) is 11.3 Å². The van der Waals surface area contributed by atoms with Crippen LogP contribution < -0.4 is 0 Å². The van der Waals surface area contributed by atoms with Crippen LogP contribution in [0.5, 0.6) is 0 Å². The zero-order valence-electron chi connectivity index (χ0n) is 17.8. The van der Waals surface area contributed by atoms with E-state index in [1.807, 2.05) is 57.2 Å². The number of rotatable bonds is 5. The van der Waals surface area contributed by atoms with Crippen LogP contribution in [0.3, 0.4) is 0 Å². The van der Waals surface area contributed by atoms with E-state index in [1.54, 1.807) is 36.3 Å². The van der Waals surface area contributed by atoms with Crippen molar-refractivity contribution < 1.29 is 14.1 Å². The number of para-hydroxylation sites is 1. The number of carbonyl (C=O) groups excluding carboxylic acids is 1. The molecule has 8 nitrogen and oxygen atoms in total. The lowest BCUT2D eigenvalue weighted by Gasteiger charge is -2.11. The molecule has 0 aliphatic heterocycles. The maximum atomic E-state index is 13.1. The monoisotopic (exact) mass is 417 g/mol. The summed E-state index contributed by atoms with van der Waals surface area (Å²) in [5.74, 6) is 0.263. The molecule has 4 aromatic rings. The smallest absolute Gasteiger partial charge is 0.342 e. The van der Waals surface area contributed by atoms with Gasteiger partial charge in [-0.15, -0.1) is 0 Å². The Kier molecular flexibility index (Phi) is 5.37. The van der Waals surface area contributed by atoms with Crippen molar-refractivity contribution in [2.24, 2.45) is 0 Å². The van der Waals surface area contributed by atoms with E-state index in [2.05, 4.69) is 20.2 Å². The van der Waals surface area contributed by atoms with Crippen LogP contribution in [0.2, 0.25) is 0 Å². The highest BCUT2D eigenvalue weighted by molar-refractivity contribution is 5.96. The predicted octanol–water partition coefficient (Wildman–Crippen LogP) is 4.53. The molecule has 8 heteroatoms. The third kappa shape index (κ3) is 4.37. The maximum absolute atomic E-state index is 13.1. The lowest BCUT2D eigenvalue weighted by atomic mass is 9.96. The number of aromatic nitrogens is 5. The van der Waals surface area contributed by atoms with E-state index >= 15 is 0 Å². The number of ether oxygens (including phenoxy) is 1. The number of hydrogen-bond acceptors (Lipinski definition) is 7. The van der Waals surface area contributed by atoms with Gasteiger partial charge in [-0.1, -0.05) is 44.1 Å². The van der Waals surface area contributed by atoms with Gasteiger partial charge in [0.25, 0.3) is 5.89 Å². The first-order valence-corrected chi connectivity index (χ1v) is 9.93. The first kappa shape index (κ1) is 20.5. The van der Waals surface area contributed by atoms with E-state index in [4.69, 9.17) is 9.26 Å². The molecule has 3 heterocycles. The highest BCUT2D eigenvalue weighted by atomic mass is 16.6. The molecule has 0 bridgehead atoms. The van der Waals surface area contributed by atoms with Crippen LogP contribution in [0.1, 0.15) is 55.9 Å². The zero-order chi connectivity index (χ0) is 22.0. The van der Waals surface area contributed by atoms with E-state index in [9.17, 15) is 4.79 Å². The number of hydrogen-bond donors (Lipinski definition) is 0. The molecule has 0 aliphatic carbocycles. The number of carbonyl (C=O) groups is 1. The fourth-order valence-electron chi connectivity index (χ4n) is 2.93. The Hall–Kier alpha value is -3.81. The van der Waals surface area contributed by atoms with Crippen LogP contribution in [-0.2, 0) is 10.2 Å². The van der Waals surface area contributed by atoms with Crippen LogP contribution in [0.25, 0.3) is 16.9 Å². The van der Waals surface area contributed by atoms with Crippen molar-refractivity contribution >= 4 is 5.97 Å². The van der Waals surface area contributed by atoms with Crippen molar-refractivity contribution in [3.63, 3.8) is 0 Å². The highest BCUT2D eigenvalue weighted by Gasteiger charge is 2.27. The summed E-state index contributed by atoms with van der Waals surface area (Å²) < 4.78 is 12.6. The second-order valence-corrected chi connectivity index (χ2v) is 8.17. The standard InChI is InChI=1S/C23H23N5O3/c1-15(20-25-22(27-31-20)23(2,3)4)30-21(29)18-14-28(17-10-6-5-7-11-17)26-19(18)16-9-8-12-24-13-16/h5-15H,1-4H3. The lowest BCUT2D eigenvalue weighted by Crippen LogP contribution is -2.14. The molecule has 0 saturated heterocycles. The SMILES string of the molecule is CC(OC(=O)c1cn(-c2ccccc2)nc1-c1cccnc1)c1nc(C(C)(C)C)no1. The summed E-state index contributed by atoms with van der Waals surface area (Å²) in [7, 11) is 0. The third-order valence-corrected chi connectivity index (χ3v) is 4.63. The van der Waals surface area contributed by atoms with Crippen LogP contribution in [0.15, 0.2) is 65.6 Å². The van der Waals surface area contributed by atoms with Gasteiger partial charge in [-0.2, -0.15) is 10.1 Å². The van der Waals surface area contributed by atoms with Crippen molar-refractivity contribution in [1.82, 2.24) is 24.9 Å². The van der Waals surface area contributed by atoms with Gasteiger partial charge in [-0.05, 0) is 31.2 Å². The van der Waals surface area contributed by atoms with Gasteiger partial charge in [-0.3, -0.25) is 4.98 Å². The quantitative estimate of drug-likeness (QED) is 0.440. The summed E-state index contributed by atoms with van der Waals surface area (Å²) in [5.41, 5.74) is 2.07. The van der Waals surface area contributed by atoms with E-state index in [0.29, 0.717) is 22.6 Å². The molecule has 0 saturated carbocycles. The Morgan fingerprint density at radius 2 is 1.90 bits per heavy atom. The minimum Gasteiger partial charge on any atom is -0.449 e. The Bertz CT molecular complexity index is 1180. The average Bonchev–Trinajstić information content (AvgIpc) is 3.43. The number of esters is 1. The molecule has 0 amide bonds. The van der Waals surface area contributed by atoms with Gasteiger partial charge in [0.2, 0.25) is 0 Å². The van der Waals surface area contributed by atoms with Gasteiger partial charge in [0.05, 0.1) is 5.69 Å². The molecule has 0 spiro atoms. The molecule has 31 heavy (non-hydrogen) atoms. The fraction of sp³-hybridized carbons (Fsp3) is 0.261. The summed E-state index contributed by atoms with van der Waals surface area (Å²) >= 11 is 0. The Balaban J connectivity index is 1.65. The number of pyridine rings is 1. The van der Waals surface area contributed by atoms with Gasteiger partial charge >= 0.3 is 5.97 Å². The lowest BCUT2D eigenvalue weighted by molar-refractivity contribution is 0.0266. The highest BCUT2D eigenvalue weighted by Crippen LogP contribution is 2.27. The summed E-state index contributed by atoms with van der Waals surface area (Å²) in [6, 6.07) is 13.2. The summed E-state index contributed by atoms with van der Waals surface area (Å²) in [4.78, 5) is 21.6. The third-order valence-electron chi connectivity index (χ3n) is 4.63. The van der Waals surface area contributed by atoms with E-state index in [1.165, 1.54) is 0 Å². The van der Waals surface area contributed by atoms with E-state index in [-0.39, 0.29) is 11.3 Å². The molecule has 0 aliphatic rings. The van der Waals surface area contributed by atoms with Crippen LogP contribution in [0.4, 0.5) is 0 Å². The van der Waals surface area contributed by atoms with Gasteiger partial charge in [0, 0.05) is 29.6 Å². The molecular formula is C23H23N5O3. The summed E-state index contributed by atoms with van der Waals surface area (Å²) in [5, 5.41) is 8.61. The number of nitrogens with zero attached hydrogens (tertiary/aromatic N) is 5. The minimum atomic E-state index is -0.710. The fourth-order valence-corrected chi connectivity index (χ4v) is 2.93. The van der Waals surface area contributed by atoms with Crippen molar-refractivity contribution in [3.8, 4) is 16.9 Å². The normalized spacial score (nSPS) is 12.5. The van der Waals surface area contributed by atoms with Gasteiger partial charge < -0.3 is 9.26 Å². The first-order chi connectivity index (χ1) is 14.8. The summed E-state index contributed by atoms with van der Waals surface area (Å²) in [6.45, 7) is 7.65. The van der Waals surface area contributed by atoms with Crippen molar-refractivity contribution in [2.45, 2.75) is 39.2 Å². The molecule has 0 radical (unpaired) electrons. The first-order valence-electron chi connectivity index (χ1n) is 9.93. The Morgan fingerprint density at radius 1 is 1.13 bits per heavy atom. The largest absolute Gasteiger partial charge is 0.449 e. The molecule has 1 atom stereocenters. The molecular weight excluding hydrogens is 394 g/mol. The minimum absolute atomic E-state index is 0.247. The molecule has 4 rings (SSSR count). The zero-order valence-corrected chi connectivity index (χ0v) is 17.8. The van der Waals surface area contributed by atoms with Crippen LogP contribution in [-0.4, -0.2) is 30.9 Å². The molecule has 1 unspecified atom stereocenters. The van der Waals surface area contributed by atoms with Gasteiger partial charge in [0.15, 0.2) is 11.9 Å². The van der Waals surface area contributed by atoms with Crippen LogP contribution in [0, 0.1) is 0 Å². The van der Waals surface area contributed by atoms with Crippen molar-refractivity contribution in [3.05, 3.63) is 78.3 Å². The second kappa shape index (κ2) is 8.14. The van der Waals surface area contributed by atoms with E-state index in [0.717, 1.165) is 5.69 Å². The molecule has 1 aromatic carbocycles. The van der Waals surface area contributed by atoms with Crippen molar-refractivity contribution in [2.75, 3.05) is 0 Å². The van der Waals surface area contributed by atoms with Crippen molar-refractivity contribution in [1.29, 1.82) is 0 Å². The Labute approximate surface area is 179 Å². The Morgan fingerprint density at radius 3 is 2.55 bits per heavy atom. The molecule has 3 aromatic heterocycles. The molecule has 0 fully saturated rings. The summed E-state index contributed by atoms with van der Waals surface area (Å²) in [6.07, 6.45) is 4.27. The van der Waals surface area contributed by atoms with E-state index < -0.39 is 12.1 Å². The van der Waals surface area contributed by atoms with Gasteiger partial charge in [-0.25, -0.2) is 9.48 Å². The molecule has 0 N–H and O–H groups in total. The maximum Gasteiger partial charge on any atom is 0.342 e.